The third-order valence-corrected chi connectivity index (χ3v) is 3.74. The van der Waals surface area contributed by atoms with Gasteiger partial charge >= 0.3 is 5.97 Å². The van der Waals surface area contributed by atoms with E-state index < -0.39 is 17.7 Å². The number of rotatable bonds is 3. The average Bonchev–Trinajstić information content (AvgIpc) is 2.51. The van der Waals surface area contributed by atoms with Crippen LogP contribution in [0.4, 0.5) is 10.1 Å². The number of ether oxygens (including phenoxy) is 1. The Labute approximate surface area is 135 Å². The lowest BCUT2D eigenvalue weighted by Crippen LogP contribution is -2.16. The van der Waals surface area contributed by atoms with Crippen molar-refractivity contribution in [1.29, 1.82) is 0 Å². The number of nitrogens with one attached hydrogen (secondary N) is 1. The predicted molar refractivity (Wildman–Crippen MR) is 84.6 cm³/mol. The van der Waals surface area contributed by atoms with Crippen LogP contribution in [0.25, 0.3) is 0 Å². The fraction of sp³-hybridized carbons (Fsp3) is 0.125. The molecule has 2 aromatic carbocycles. The molecule has 2 aromatic rings. The first-order valence-corrected chi connectivity index (χ1v) is 7.17. The summed E-state index contributed by atoms with van der Waals surface area (Å²) in [6.45, 7) is 1.75. The van der Waals surface area contributed by atoms with Crippen molar-refractivity contribution in [2.24, 2.45) is 0 Å². The van der Waals surface area contributed by atoms with Crippen molar-refractivity contribution < 1.29 is 18.7 Å². The largest absolute Gasteiger partial charge is 0.465 e. The molecule has 114 valence electrons. The number of carbonyl (C=O) groups is 2. The zero-order valence-electron chi connectivity index (χ0n) is 11.9. The highest BCUT2D eigenvalue weighted by molar-refractivity contribution is 9.10. The van der Waals surface area contributed by atoms with Gasteiger partial charge in [0, 0.05) is 5.56 Å². The normalized spacial score (nSPS) is 10.2. The van der Waals surface area contributed by atoms with Gasteiger partial charge in [0.05, 0.1) is 22.8 Å². The molecule has 6 heteroatoms. The van der Waals surface area contributed by atoms with Crippen LogP contribution in [0.5, 0.6) is 0 Å². The number of amides is 1. The van der Waals surface area contributed by atoms with E-state index in [0.29, 0.717) is 11.3 Å². The highest BCUT2D eigenvalue weighted by Crippen LogP contribution is 2.23. The van der Waals surface area contributed by atoms with Gasteiger partial charge in [-0.2, -0.15) is 0 Å². The van der Waals surface area contributed by atoms with Crippen LogP contribution in [0.3, 0.4) is 0 Å². The first-order chi connectivity index (χ1) is 10.4. The van der Waals surface area contributed by atoms with E-state index in [9.17, 15) is 14.0 Å². The van der Waals surface area contributed by atoms with E-state index in [2.05, 4.69) is 21.2 Å². The standard InChI is InChI=1S/C16H13BrFNO3/c1-9-4-3-5-11(16(21)22-2)14(9)19-15(20)10-6-7-12(17)13(18)8-10/h3-8H,1-2H3,(H,19,20). The fourth-order valence-electron chi connectivity index (χ4n) is 1.94. The monoisotopic (exact) mass is 365 g/mol. The molecule has 0 radical (unpaired) electrons. The molecule has 0 aromatic heterocycles. The number of aryl methyl sites for hydroxylation is 1. The molecule has 4 nitrogen and oxygen atoms in total. The number of benzene rings is 2. The zero-order chi connectivity index (χ0) is 16.3. The molecule has 0 aliphatic rings. The maximum atomic E-state index is 13.5. The van der Waals surface area contributed by atoms with Crippen LogP contribution in [-0.4, -0.2) is 19.0 Å². The Kier molecular flexibility index (Phi) is 4.92. The second kappa shape index (κ2) is 6.70. The summed E-state index contributed by atoms with van der Waals surface area (Å²) in [5.74, 6) is -1.60. The first-order valence-electron chi connectivity index (χ1n) is 6.38. The number of esters is 1. The van der Waals surface area contributed by atoms with Gasteiger partial charge in [-0.25, -0.2) is 9.18 Å². The molecule has 22 heavy (non-hydrogen) atoms. The molecule has 0 spiro atoms. The van der Waals surface area contributed by atoms with Crippen molar-refractivity contribution in [2.75, 3.05) is 12.4 Å². The summed E-state index contributed by atoms with van der Waals surface area (Å²) in [6, 6.07) is 9.05. The van der Waals surface area contributed by atoms with Crippen LogP contribution in [-0.2, 0) is 4.74 Å². The molecule has 1 N–H and O–H groups in total. The summed E-state index contributed by atoms with van der Waals surface area (Å²) in [5, 5.41) is 2.64. The van der Waals surface area contributed by atoms with Crippen molar-refractivity contribution in [1.82, 2.24) is 0 Å². The van der Waals surface area contributed by atoms with Gasteiger partial charge in [-0.3, -0.25) is 4.79 Å². The third kappa shape index (κ3) is 3.33. The summed E-state index contributed by atoms with van der Waals surface area (Å²) >= 11 is 3.03. The van der Waals surface area contributed by atoms with Crippen molar-refractivity contribution in [2.45, 2.75) is 6.92 Å². The lowest BCUT2D eigenvalue weighted by Gasteiger charge is -2.12. The van der Waals surface area contributed by atoms with Gasteiger partial charge in [-0.1, -0.05) is 12.1 Å². The van der Waals surface area contributed by atoms with Gasteiger partial charge in [0.15, 0.2) is 0 Å². The van der Waals surface area contributed by atoms with E-state index in [-0.39, 0.29) is 15.6 Å². The second-order valence-corrected chi connectivity index (χ2v) is 5.43. The molecule has 0 aliphatic heterocycles. The van der Waals surface area contributed by atoms with E-state index in [1.807, 2.05) is 0 Å². The molecular formula is C16H13BrFNO3. The maximum Gasteiger partial charge on any atom is 0.339 e. The van der Waals surface area contributed by atoms with Crippen LogP contribution in [0, 0.1) is 12.7 Å². The van der Waals surface area contributed by atoms with Gasteiger partial charge in [0.25, 0.3) is 5.91 Å². The number of hydrogen-bond acceptors (Lipinski definition) is 3. The van der Waals surface area contributed by atoms with Crippen LogP contribution < -0.4 is 5.32 Å². The Morgan fingerprint density at radius 2 is 1.95 bits per heavy atom. The minimum Gasteiger partial charge on any atom is -0.465 e. The number of carbonyl (C=O) groups excluding carboxylic acids is 2. The van der Waals surface area contributed by atoms with Crippen molar-refractivity contribution >= 4 is 33.5 Å². The van der Waals surface area contributed by atoms with Crippen LogP contribution >= 0.6 is 15.9 Å². The van der Waals surface area contributed by atoms with E-state index in [1.165, 1.54) is 19.2 Å². The van der Waals surface area contributed by atoms with Gasteiger partial charge in [0.2, 0.25) is 0 Å². The molecule has 0 saturated carbocycles. The molecule has 0 unspecified atom stereocenters. The summed E-state index contributed by atoms with van der Waals surface area (Å²) in [5.41, 5.74) is 1.45. The van der Waals surface area contributed by atoms with Crippen molar-refractivity contribution in [3.8, 4) is 0 Å². The molecule has 0 saturated heterocycles. The van der Waals surface area contributed by atoms with E-state index in [1.54, 1.807) is 25.1 Å². The second-order valence-electron chi connectivity index (χ2n) is 4.57. The van der Waals surface area contributed by atoms with Gasteiger partial charge < -0.3 is 10.1 Å². The number of methoxy groups -OCH3 is 1. The minimum atomic E-state index is -0.555. The Morgan fingerprint density at radius 3 is 2.59 bits per heavy atom. The molecule has 0 fully saturated rings. The molecular weight excluding hydrogens is 353 g/mol. The van der Waals surface area contributed by atoms with Crippen LogP contribution in [0.2, 0.25) is 0 Å². The van der Waals surface area contributed by atoms with Crippen molar-refractivity contribution in [3.63, 3.8) is 0 Å². The van der Waals surface area contributed by atoms with Crippen LogP contribution in [0.15, 0.2) is 40.9 Å². The topological polar surface area (TPSA) is 55.4 Å². The lowest BCUT2D eigenvalue weighted by molar-refractivity contribution is 0.0602. The molecule has 2 rings (SSSR count). The summed E-state index contributed by atoms with van der Waals surface area (Å²) < 4.78 is 18.5. The van der Waals surface area contributed by atoms with Crippen LogP contribution in [0.1, 0.15) is 26.3 Å². The summed E-state index contributed by atoms with van der Waals surface area (Å²) in [7, 11) is 1.26. The highest BCUT2D eigenvalue weighted by Gasteiger charge is 2.17. The number of halogens is 2. The molecule has 0 heterocycles. The number of anilines is 1. The molecule has 0 atom stereocenters. The smallest absolute Gasteiger partial charge is 0.339 e. The Hall–Kier alpha value is -2.21. The van der Waals surface area contributed by atoms with E-state index >= 15 is 0 Å². The minimum absolute atomic E-state index is 0.153. The Morgan fingerprint density at radius 1 is 1.23 bits per heavy atom. The molecule has 0 bridgehead atoms. The summed E-state index contributed by atoms with van der Waals surface area (Å²) in [4.78, 5) is 24.0. The number of para-hydroxylation sites is 1. The highest BCUT2D eigenvalue weighted by atomic mass is 79.9. The fourth-order valence-corrected chi connectivity index (χ4v) is 2.18. The van der Waals surface area contributed by atoms with Gasteiger partial charge in [-0.05, 0) is 52.7 Å². The molecule has 0 aliphatic carbocycles. The average molecular weight is 366 g/mol. The SMILES string of the molecule is COC(=O)c1cccc(C)c1NC(=O)c1ccc(Br)c(F)c1. The maximum absolute atomic E-state index is 13.5. The van der Waals surface area contributed by atoms with Gasteiger partial charge in [0.1, 0.15) is 5.82 Å². The zero-order valence-corrected chi connectivity index (χ0v) is 13.5. The van der Waals surface area contributed by atoms with E-state index in [0.717, 1.165) is 6.07 Å². The first kappa shape index (κ1) is 16.2. The van der Waals surface area contributed by atoms with Crippen molar-refractivity contribution in [3.05, 3.63) is 63.4 Å². The quantitative estimate of drug-likeness (QED) is 0.838. The number of hydrogen-bond donors (Lipinski definition) is 1. The lowest BCUT2D eigenvalue weighted by atomic mass is 10.1. The third-order valence-electron chi connectivity index (χ3n) is 3.10. The Balaban J connectivity index is 2.36. The predicted octanol–water partition coefficient (Wildman–Crippen LogP) is 3.94. The molecule has 1 amide bonds. The Bertz CT molecular complexity index is 746. The van der Waals surface area contributed by atoms with E-state index in [4.69, 9.17) is 4.74 Å². The summed E-state index contributed by atoms with van der Waals surface area (Å²) in [6.07, 6.45) is 0. The van der Waals surface area contributed by atoms with Gasteiger partial charge in [-0.15, -0.1) is 0 Å².